The number of benzene rings is 1. The Labute approximate surface area is 112 Å². The van der Waals surface area contributed by atoms with E-state index in [1.165, 1.54) is 0 Å². The van der Waals surface area contributed by atoms with Gasteiger partial charge in [0, 0.05) is 6.54 Å². The average molecular weight is 266 g/mol. The molecule has 0 saturated heterocycles. The highest BCUT2D eigenvalue weighted by Gasteiger charge is 2.08. The summed E-state index contributed by atoms with van der Waals surface area (Å²) in [5.41, 5.74) is 1.12. The van der Waals surface area contributed by atoms with Crippen molar-refractivity contribution < 1.29 is 19.1 Å². The molecule has 0 aliphatic heterocycles. The van der Waals surface area contributed by atoms with Crippen molar-refractivity contribution in [2.45, 2.75) is 13.5 Å². The summed E-state index contributed by atoms with van der Waals surface area (Å²) in [7, 11) is 1.87. The molecule has 0 fully saturated rings. The summed E-state index contributed by atoms with van der Waals surface area (Å²) in [4.78, 5) is 22.3. The van der Waals surface area contributed by atoms with Gasteiger partial charge in [-0.2, -0.15) is 0 Å². The van der Waals surface area contributed by atoms with Crippen LogP contribution in [0.2, 0.25) is 0 Å². The summed E-state index contributed by atoms with van der Waals surface area (Å²) in [6.07, 6.45) is -0.763. The van der Waals surface area contributed by atoms with Crippen LogP contribution in [-0.4, -0.2) is 32.3 Å². The summed E-state index contributed by atoms with van der Waals surface area (Å²) in [6, 6.07) is 7.33. The molecule has 0 spiro atoms. The second-order valence-electron chi connectivity index (χ2n) is 3.73. The molecule has 0 bridgehead atoms. The number of alkyl carbamates (subject to hydrolysis) is 1. The molecule has 2 amide bonds. The van der Waals surface area contributed by atoms with Gasteiger partial charge in [-0.25, -0.2) is 4.79 Å². The second kappa shape index (κ2) is 8.10. The first-order chi connectivity index (χ1) is 9.15. The van der Waals surface area contributed by atoms with E-state index in [1.807, 2.05) is 24.5 Å². The number of carbonyl (C=O) groups is 2. The van der Waals surface area contributed by atoms with Crippen LogP contribution < -0.4 is 15.4 Å². The molecular formula is C13H18N2O4. The zero-order chi connectivity index (χ0) is 14.1. The summed E-state index contributed by atoms with van der Waals surface area (Å²) in [6.45, 7) is 2.41. The minimum absolute atomic E-state index is 0.215. The number of imide groups is 1. The largest absolute Gasteiger partial charge is 0.484 e. The lowest BCUT2D eigenvalue weighted by molar-refractivity contribution is -0.122. The SMILES string of the molecule is CCOC(=O)NC(=O)COc1ccc(CNC)cc1. The van der Waals surface area contributed by atoms with Crippen LogP contribution in [0.1, 0.15) is 12.5 Å². The minimum Gasteiger partial charge on any atom is -0.484 e. The number of hydrogen-bond acceptors (Lipinski definition) is 5. The molecule has 1 rings (SSSR count). The van der Waals surface area contributed by atoms with Gasteiger partial charge < -0.3 is 14.8 Å². The van der Waals surface area contributed by atoms with Crippen LogP contribution in [0.4, 0.5) is 4.79 Å². The van der Waals surface area contributed by atoms with Gasteiger partial charge in [-0.3, -0.25) is 10.1 Å². The molecular weight excluding hydrogens is 248 g/mol. The molecule has 0 saturated carbocycles. The summed E-state index contributed by atoms with van der Waals surface area (Å²) in [5, 5.41) is 5.08. The molecule has 6 heteroatoms. The zero-order valence-corrected chi connectivity index (χ0v) is 11.1. The fourth-order valence-corrected chi connectivity index (χ4v) is 1.37. The Hall–Kier alpha value is -2.08. The van der Waals surface area contributed by atoms with Crippen molar-refractivity contribution in [1.82, 2.24) is 10.6 Å². The van der Waals surface area contributed by atoms with Gasteiger partial charge in [0.25, 0.3) is 5.91 Å². The van der Waals surface area contributed by atoms with Gasteiger partial charge in [0.2, 0.25) is 0 Å². The highest BCUT2D eigenvalue weighted by molar-refractivity contribution is 5.92. The fourth-order valence-electron chi connectivity index (χ4n) is 1.37. The molecule has 104 valence electrons. The maximum atomic E-state index is 11.3. The summed E-state index contributed by atoms with van der Waals surface area (Å²) >= 11 is 0. The van der Waals surface area contributed by atoms with Crippen LogP contribution in [0.15, 0.2) is 24.3 Å². The monoisotopic (exact) mass is 266 g/mol. The predicted molar refractivity (Wildman–Crippen MR) is 69.9 cm³/mol. The highest BCUT2D eigenvalue weighted by atomic mass is 16.5. The third-order valence-electron chi connectivity index (χ3n) is 2.19. The van der Waals surface area contributed by atoms with Gasteiger partial charge in [-0.05, 0) is 31.7 Å². The number of hydrogen-bond donors (Lipinski definition) is 2. The van der Waals surface area contributed by atoms with E-state index in [2.05, 4.69) is 10.1 Å². The van der Waals surface area contributed by atoms with E-state index < -0.39 is 12.0 Å². The van der Waals surface area contributed by atoms with E-state index in [0.717, 1.165) is 12.1 Å². The molecule has 0 heterocycles. The van der Waals surface area contributed by atoms with Crippen LogP contribution in [0.25, 0.3) is 0 Å². The molecule has 0 atom stereocenters. The third kappa shape index (κ3) is 5.87. The topological polar surface area (TPSA) is 76.7 Å². The van der Waals surface area contributed by atoms with Crippen molar-refractivity contribution >= 4 is 12.0 Å². The Morgan fingerprint density at radius 1 is 1.21 bits per heavy atom. The molecule has 2 N–H and O–H groups in total. The van der Waals surface area contributed by atoms with Gasteiger partial charge in [-0.1, -0.05) is 12.1 Å². The van der Waals surface area contributed by atoms with E-state index in [4.69, 9.17) is 4.74 Å². The molecule has 0 unspecified atom stereocenters. The van der Waals surface area contributed by atoms with Crippen LogP contribution in [0.5, 0.6) is 5.75 Å². The Bertz CT molecular complexity index is 417. The zero-order valence-electron chi connectivity index (χ0n) is 11.1. The van der Waals surface area contributed by atoms with E-state index in [-0.39, 0.29) is 13.2 Å². The minimum atomic E-state index is -0.763. The summed E-state index contributed by atoms with van der Waals surface area (Å²) in [5.74, 6) is 0.0246. The quantitative estimate of drug-likeness (QED) is 0.805. The highest BCUT2D eigenvalue weighted by Crippen LogP contribution is 2.11. The van der Waals surface area contributed by atoms with Crippen molar-refractivity contribution in [3.05, 3.63) is 29.8 Å². The Morgan fingerprint density at radius 3 is 2.47 bits per heavy atom. The number of nitrogens with one attached hydrogen (secondary N) is 2. The Balaban J connectivity index is 2.35. The van der Waals surface area contributed by atoms with Gasteiger partial charge in [-0.15, -0.1) is 0 Å². The van der Waals surface area contributed by atoms with Crippen LogP contribution in [0, 0.1) is 0 Å². The van der Waals surface area contributed by atoms with Gasteiger partial charge >= 0.3 is 6.09 Å². The molecule has 1 aromatic rings. The lowest BCUT2D eigenvalue weighted by Crippen LogP contribution is -2.34. The first-order valence-electron chi connectivity index (χ1n) is 5.98. The van der Waals surface area contributed by atoms with Crippen molar-refractivity contribution in [1.29, 1.82) is 0 Å². The van der Waals surface area contributed by atoms with E-state index in [1.54, 1.807) is 19.1 Å². The fraction of sp³-hybridized carbons (Fsp3) is 0.385. The molecule has 0 aliphatic rings. The molecule has 0 radical (unpaired) electrons. The van der Waals surface area contributed by atoms with Crippen molar-refractivity contribution in [3.8, 4) is 5.75 Å². The lowest BCUT2D eigenvalue weighted by Gasteiger charge is -2.07. The van der Waals surface area contributed by atoms with Crippen molar-refractivity contribution in [2.75, 3.05) is 20.3 Å². The van der Waals surface area contributed by atoms with E-state index in [9.17, 15) is 9.59 Å². The van der Waals surface area contributed by atoms with E-state index >= 15 is 0 Å². The molecule has 0 aromatic heterocycles. The first-order valence-corrected chi connectivity index (χ1v) is 5.98. The maximum Gasteiger partial charge on any atom is 0.413 e. The third-order valence-corrected chi connectivity index (χ3v) is 2.19. The maximum absolute atomic E-state index is 11.3. The second-order valence-corrected chi connectivity index (χ2v) is 3.73. The van der Waals surface area contributed by atoms with Gasteiger partial charge in [0.15, 0.2) is 6.61 Å². The van der Waals surface area contributed by atoms with Gasteiger partial charge in [0.05, 0.1) is 6.61 Å². The van der Waals surface area contributed by atoms with Crippen molar-refractivity contribution in [3.63, 3.8) is 0 Å². The molecule has 0 aliphatic carbocycles. The molecule has 6 nitrogen and oxygen atoms in total. The standard InChI is InChI=1S/C13H18N2O4/c1-3-18-13(17)15-12(16)9-19-11-6-4-10(5-7-11)8-14-2/h4-7,14H,3,8-9H2,1-2H3,(H,15,16,17). The molecule has 1 aromatic carbocycles. The van der Waals surface area contributed by atoms with Crippen molar-refractivity contribution in [2.24, 2.45) is 0 Å². The number of rotatable bonds is 6. The predicted octanol–water partition coefficient (Wildman–Crippen LogP) is 1.06. The average Bonchev–Trinajstić information content (AvgIpc) is 2.38. The number of carbonyl (C=O) groups excluding carboxylic acids is 2. The lowest BCUT2D eigenvalue weighted by atomic mass is 10.2. The first kappa shape index (κ1) is 15.0. The van der Waals surface area contributed by atoms with Crippen LogP contribution in [0.3, 0.4) is 0 Å². The summed E-state index contributed by atoms with van der Waals surface area (Å²) < 4.78 is 9.81. The molecule has 19 heavy (non-hydrogen) atoms. The Kier molecular flexibility index (Phi) is 6.38. The number of amides is 2. The smallest absolute Gasteiger partial charge is 0.413 e. The normalized spacial score (nSPS) is 9.79. The number of ether oxygens (including phenoxy) is 2. The Morgan fingerprint density at radius 2 is 1.89 bits per heavy atom. The van der Waals surface area contributed by atoms with E-state index in [0.29, 0.717) is 5.75 Å². The van der Waals surface area contributed by atoms with Crippen LogP contribution >= 0.6 is 0 Å². The van der Waals surface area contributed by atoms with Crippen LogP contribution in [-0.2, 0) is 16.1 Å². The van der Waals surface area contributed by atoms with Gasteiger partial charge in [0.1, 0.15) is 5.75 Å².